The molecule has 0 spiro atoms. The molecule has 1 aliphatic rings. The van der Waals surface area contributed by atoms with E-state index < -0.39 is 0 Å². The van der Waals surface area contributed by atoms with Crippen LogP contribution in [0, 0.1) is 0 Å². The number of nitrogens with zero attached hydrogens (tertiary/aromatic N) is 1. The molecule has 0 bridgehead atoms. The van der Waals surface area contributed by atoms with Gasteiger partial charge in [-0.3, -0.25) is 4.90 Å². The first-order chi connectivity index (χ1) is 9.24. The third-order valence-electron chi connectivity index (χ3n) is 3.65. The lowest BCUT2D eigenvalue weighted by Crippen LogP contribution is -2.36. The Bertz CT molecular complexity index is 409. The SMILES string of the molecule is CCOc1cc(CN2CCCC2CNC)ccc1O. The predicted molar refractivity (Wildman–Crippen MR) is 76.6 cm³/mol. The molecule has 1 aromatic rings. The molecule has 4 heteroatoms. The van der Waals surface area contributed by atoms with Crippen LogP contribution in [0.15, 0.2) is 18.2 Å². The van der Waals surface area contributed by atoms with Gasteiger partial charge in [0.1, 0.15) is 0 Å². The summed E-state index contributed by atoms with van der Waals surface area (Å²) in [5, 5.41) is 13.0. The number of hydrogen-bond donors (Lipinski definition) is 2. The maximum absolute atomic E-state index is 9.71. The molecule has 0 saturated carbocycles. The van der Waals surface area contributed by atoms with E-state index in [4.69, 9.17) is 4.74 Å². The number of likely N-dealkylation sites (tertiary alicyclic amines) is 1. The number of phenolic OH excluding ortho intramolecular Hbond substituents is 1. The van der Waals surface area contributed by atoms with Crippen molar-refractivity contribution in [3.63, 3.8) is 0 Å². The van der Waals surface area contributed by atoms with E-state index in [1.807, 2.05) is 26.1 Å². The predicted octanol–water partition coefficient (Wildman–Crippen LogP) is 1.97. The number of rotatable bonds is 6. The van der Waals surface area contributed by atoms with E-state index in [0.29, 0.717) is 18.4 Å². The van der Waals surface area contributed by atoms with E-state index in [0.717, 1.165) is 19.6 Å². The molecule has 2 N–H and O–H groups in total. The number of aromatic hydroxyl groups is 1. The lowest BCUT2D eigenvalue weighted by molar-refractivity contribution is 0.241. The Morgan fingerprint density at radius 2 is 2.32 bits per heavy atom. The van der Waals surface area contributed by atoms with Crippen LogP contribution in [0.25, 0.3) is 0 Å². The Morgan fingerprint density at radius 3 is 3.05 bits per heavy atom. The summed E-state index contributed by atoms with van der Waals surface area (Å²) in [6.45, 7) is 5.61. The second kappa shape index (κ2) is 6.78. The number of ether oxygens (including phenoxy) is 1. The molecular weight excluding hydrogens is 240 g/mol. The van der Waals surface area contributed by atoms with Crippen molar-refractivity contribution in [1.29, 1.82) is 0 Å². The van der Waals surface area contributed by atoms with Gasteiger partial charge in [0.25, 0.3) is 0 Å². The largest absolute Gasteiger partial charge is 0.504 e. The number of phenols is 1. The van der Waals surface area contributed by atoms with Crippen molar-refractivity contribution in [2.24, 2.45) is 0 Å². The number of nitrogens with one attached hydrogen (secondary N) is 1. The summed E-state index contributed by atoms with van der Waals surface area (Å²) in [7, 11) is 2.00. The highest BCUT2D eigenvalue weighted by molar-refractivity contribution is 5.41. The summed E-state index contributed by atoms with van der Waals surface area (Å²) in [4.78, 5) is 2.50. The topological polar surface area (TPSA) is 44.7 Å². The van der Waals surface area contributed by atoms with Gasteiger partial charge in [0, 0.05) is 19.1 Å². The molecule has 2 rings (SSSR count). The smallest absolute Gasteiger partial charge is 0.161 e. The van der Waals surface area contributed by atoms with Gasteiger partial charge in [-0.1, -0.05) is 6.07 Å². The molecule has 1 heterocycles. The second-order valence-electron chi connectivity index (χ2n) is 5.06. The van der Waals surface area contributed by atoms with Gasteiger partial charge in [0.15, 0.2) is 11.5 Å². The average Bonchev–Trinajstić information content (AvgIpc) is 2.82. The zero-order chi connectivity index (χ0) is 13.7. The molecule has 1 fully saturated rings. The van der Waals surface area contributed by atoms with Crippen LogP contribution in [0.3, 0.4) is 0 Å². The lowest BCUT2D eigenvalue weighted by atomic mass is 10.1. The van der Waals surface area contributed by atoms with Gasteiger partial charge in [-0.15, -0.1) is 0 Å². The molecule has 0 aliphatic carbocycles. The Morgan fingerprint density at radius 1 is 1.47 bits per heavy atom. The monoisotopic (exact) mass is 264 g/mol. The van der Waals surface area contributed by atoms with Crippen LogP contribution >= 0.6 is 0 Å². The van der Waals surface area contributed by atoms with Gasteiger partial charge in [-0.2, -0.15) is 0 Å². The zero-order valence-corrected chi connectivity index (χ0v) is 11.9. The van der Waals surface area contributed by atoms with Crippen LogP contribution in [0.1, 0.15) is 25.3 Å². The van der Waals surface area contributed by atoms with Crippen LogP contribution in [0.5, 0.6) is 11.5 Å². The summed E-state index contributed by atoms with van der Waals surface area (Å²) in [5.41, 5.74) is 1.20. The summed E-state index contributed by atoms with van der Waals surface area (Å²) in [5.74, 6) is 0.808. The van der Waals surface area contributed by atoms with Gasteiger partial charge < -0.3 is 15.2 Å². The minimum atomic E-state index is 0.221. The van der Waals surface area contributed by atoms with Crippen molar-refractivity contribution < 1.29 is 9.84 Å². The second-order valence-corrected chi connectivity index (χ2v) is 5.06. The van der Waals surface area contributed by atoms with E-state index in [9.17, 15) is 5.11 Å². The quantitative estimate of drug-likeness (QED) is 0.824. The summed E-state index contributed by atoms with van der Waals surface area (Å²) in [6.07, 6.45) is 2.53. The van der Waals surface area contributed by atoms with Gasteiger partial charge in [-0.25, -0.2) is 0 Å². The minimum absolute atomic E-state index is 0.221. The standard InChI is InChI=1S/C15H24N2O2/c1-3-19-15-9-12(6-7-14(15)18)11-17-8-4-5-13(17)10-16-2/h6-7,9,13,16,18H,3-5,8,10-11H2,1-2H3. The third-order valence-corrected chi connectivity index (χ3v) is 3.65. The van der Waals surface area contributed by atoms with Crippen LogP contribution < -0.4 is 10.1 Å². The molecular formula is C15H24N2O2. The Labute approximate surface area is 115 Å². The van der Waals surface area contributed by atoms with E-state index in [1.54, 1.807) is 6.07 Å². The van der Waals surface area contributed by atoms with Crippen molar-refractivity contribution >= 4 is 0 Å². The Hall–Kier alpha value is -1.26. The van der Waals surface area contributed by atoms with E-state index in [1.165, 1.54) is 18.4 Å². The molecule has 1 aromatic carbocycles. The fourth-order valence-corrected chi connectivity index (χ4v) is 2.73. The van der Waals surface area contributed by atoms with Crippen molar-refractivity contribution in [2.75, 3.05) is 26.7 Å². The number of likely N-dealkylation sites (N-methyl/N-ethyl adjacent to an activating group) is 1. The zero-order valence-electron chi connectivity index (χ0n) is 11.9. The van der Waals surface area contributed by atoms with Crippen LogP contribution in [-0.4, -0.2) is 42.8 Å². The molecule has 1 aliphatic heterocycles. The number of benzene rings is 1. The highest BCUT2D eigenvalue weighted by Gasteiger charge is 2.23. The Balaban J connectivity index is 2.04. The van der Waals surface area contributed by atoms with Crippen molar-refractivity contribution in [3.05, 3.63) is 23.8 Å². The van der Waals surface area contributed by atoms with Gasteiger partial charge in [-0.05, 0) is 51.1 Å². The maximum Gasteiger partial charge on any atom is 0.161 e. The highest BCUT2D eigenvalue weighted by Crippen LogP contribution is 2.28. The molecule has 0 amide bonds. The van der Waals surface area contributed by atoms with Crippen molar-refractivity contribution in [3.8, 4) is 11.5 Å². The van der Waals surface area contributed by atoms with Crippen molar-refractivity contribution in [2.45, 2.75) is 32.4 Å². The first-order valence-corrected chi connectivity index (χ1v) is 7.08. The maximum atomic E-state index is 9.71. The first-order valence-electron chi connectivity index (χ1n) is 7.08. The van der Waals surface area contributed by atoms with E-state index in [-0.39, 0.29) is 5.75 Å². The van der Waals surface area contributed by atoms with E-state index in [2.05, 4.69) is 10.2 Å². The fourth-order valence-electron chi connectivity index (χ4n) is 2.73. The van der Waals surface area contributed by atoms with Gasteiger partial charge in [0.2, 0.25) is 0 Å². The molecule has 0 aromatic heterocycles. The van der Waals surface area contributed by atoms with Gasteiger partial charge in [0.05, 0.1) is 6.61 Å². The highest BCUT2D eigenvalue weighted by atomic mass is 16.5. The van der Waals surface area contributed by atoms with Crippen LogP contribution in [-0.2, 0) is 6.54 Å². The van der Waals surface area contributed by atoms with Crippen LogP contribution in [0.2, 0.25) is 0 Å². The van der Waals surface area contributed by atoms with Crippen LogP contribution in [0.4, 0.5) is 0 Å². The summed E-state index contributed by atoms with van der Waals surface area (Å²) >= 11 is 0. The first kappa shape index (κ1) is 14.2. The third kappa shape index (κ3) is 3.61. The molecule has 19 heavy (non-hydrogen) atoms. The molecule has 4 nitrogen and oxygen atoms in total. The summed E-state index contributed by atoms with van der Waals surface area (Å²) < 4.78 is 5.44. The number of hydrogen-bond acceptors (Lipinski definition) is 4. The van der Waals surface area contributed by atoms with E-state index >= 15 is 0 Å². The molecule has 106 valence electrons. The normalized spacial score (nSPS) is 19.8. The molecule has 1 unspecified atom stereocenters. The Kier molecular flexibility index (Phi) is 5.05. The average molecular weight is 264 g/mol. The molecule has 1 saturated heterocycles. The summed E-state index contributed by atoms with van der Waals surface area (Å²) in [6, 6.07) is 6.28. The van der Waals surface area contributed by atoms with Gasteiger partial charge >= 0.3 is 0 Å². The minimum Gasteiger partial charge on any atom is -0.504 e. The van der Waals surface area contributed by atoms with Crippen molar-refractivity contribution in [1.82, 2.24) is 10.2 Å². The molecule has 0 radical (unpaired) electrons. The lowest BCUT2D eigenvalue weighted by Gasteiger charge is -2.24. The fraction of sp³-hybridized carbons (Fsp3) is 0.600. The molecule has 1 atom stereocenters.